The van der Waals surface area contributed by atoms with E-state index in [2.05, 4.69) is 5.32 Å². The molecule has 30 heavy (non-hydrogen) atoms. The van der Waals surface area contributed by atoms with Crippen LogP contribution in [-0.2, 0) is 16.1 Å². The van der Waals surface area contributed by atoms with E-state index >= 15 is 0 Å². The first-order valence-electron chi connectivity index (χ1n) is 10.1. The number of halogens is 2. The first-order valence-corrected chi connectivity index (χ1v) is 10.1. The fourth-order valence-corrected chi connectivity index (χ4v) is 3.42. The minimum Gasteiger partial charge on any atom is -0.377 e. The largest absolute Gasteiger partial charge is 0.377 e. The molecule has 2 rings (SSSR count). The monoisotopic (exact) mass is 420 g/mol. The molecular weight excluding hydrogens is 390 g/mol. The second kappa shape index (κ2) is 12.4. The molecule has 0 aliphatic rings. The lowest BCUT2D eigenvalue weighted by Gasteiger charge is -2.22. The minimum atomic E-state index is -0.449. The van der Waals surface area contributed by atoms with E-state index in [1.165, 1.54) is 18.2 Å². The van der Waals surface area contributed by atoms with Gasteiger partial charge < -0.3 is 10.1 Å². The molecule has 0 heterocycles. The molecule has 0 saturated carbocycles. The molecule has 2 aromatic rings. The van der Waals surface area contributed by atoms with Crippen LogP contribution in [0.1, 0.15) is 48.5 Å². The summed E-state index contributed by atoms with van der Waals surface area (Å²) in [6.45, 7) is 3.09. The second-order valence-corrected chi connectivity index (χ2v) is 7.44. The molecule has 0 spiro atoms. The van der Waals surface area contributed by atoms with Crippen molar-refractivity contribution in [1.82, 2.24) is 10.8 Å². The highest BCUT2D eigenvalue weighted by molar-refractivity contribution is 5.77. The lowest BCUT2D eigenvalue weighted by molar-refractivity contribution is -0.135. The predicted molar refractivity (Wildman–Crippen MR) is 111 cm³/mol. The number of carbonyl (C=O) groups excluding carboxylic acids is 1. The van der Waals surface area contributed by atoms with E-state index in [-0.39, 0.29) is 17.7 Å². The van der Waals surface area contributed by atoms with Crippen molar-refractivity contribution in [3.05, 3.63) is 70.8 Å². The van der Waals surface area contributed by atoms with Gasteiger partial charge in [-0.15, -0.1) is 0 Å². The summed E-state index contributed by atoms with van der Waals surface area (Å²) in [5.41, 5.74) is 4.07. The van der Waals surface area contributed by atoms with Crippen molar-refractivity contribution in [2.75, 3.05) is 13.7 Å². The molecule has 0 unspecified atom stereocenters. The number of hydrogen-bond donors (Lipinski definition) is 3. The average molecular weight is 421 g/mol. The van der Waals surface area contributed by atoms with Gasteiger partial charge in [-0.25, -0.2) is 14.3 Å². The summed E-state index contributed by atoms with van der Waals surface area (Å²) in [7, 11) is 1.55. The first-order chi connectivity index (χ1) is 14.4. The number of rotatable bonds is 12. The van der Waals surface area contributed by atoms with Gasteiger partial charge in [0.25, 0.3) is 0 Å². The third kappa shape index (κ3) is 7.48. The molecule has 0 radical (unpaired) electrons. The molecule has 0 aliphatic heterocycles. The van der Waals surface area contributed by atoms with E-state index in [9.17, 15) is 13.6 Å². The van der Waals surface area contributed by atoms with Crippen molar-refractivity contribution in [3.8, 4) is 0 Å². The molecular formula is C23H30F2N2O3. The standard InChI is InChI=1S/C23H30F2N2O3/c1-16-13-18(8-11-21(16)25)22(30-2)14-19(23(28)27-29)5-3-4-12-26-15-17-6-9-20(24)10-7-17/h6-11,13,19,22,26,29H,3-5,12,14-15H2,1-2H3,(H,27,28)/t19-,22+/m0/s1. The van der Waals surface area contributed by atoms with E-state index in [1.807, 2.05) is 0 Å². The number of nitrogens with one attached hydrogen (secondary N) is 2. The van der Waals surface area contributed by atoms with Crippen LogP contribution >= 0.6 is 0 Å². The van der Waals surface area contributed by atoms with Gasteiger partial charge in [0.15, 0.2) is 0 Å². The quantitative estimate of drug-likeness (QED) is 0.270. The number of hydrogen-bond acceptors (Lipinski definition) is 4. The predicted octanol–water partition coefficient (Wildman–Crippen LogP) is 4.43. The Morgan fingerprint density at radius 2 is 1.87 bits per heavy atom. The van der Waals surface area contributed by atoms with Crippen molar-refractivity contribution < 1.29 is 23.5 Å². The van der Waals surface area contributed by atoms with Crippen molar-refractivity contribution in [2.45, 2.75) is 45.3 Å². The fourth-order valence-electron chi connectivity index (χ4n) is 3.42. The van der Waals surface area contributed by atoms with Gasteiger partial charge in [-0.2, -0.15) is 0 Å². The van der Waals surface area contributed by atoms with E-state index in [0.29, 0.717) is 24.9 Å². The van der Waals surface area contributed by atoms with Crippen LogP contribution < -0.4 is 10.8 Å². The second-order valence-electron chi connectivity index (χ2n) is 7.44. The molecule has 2 aromatic carbocycles. The average Bonchev–Trinajstić information content (AvgIpc) is 2.75. The molecule has 2 atom stereocenters. The summed E-state index contributed by atoms with van der Waals surface area (Å²) in [6, 6.07) is 11.1. The van der Waals surface area contributed by atoms with Crippen LogP contribution in [0.3, 0.4) is 0 Å². The number of aryl methyl sites for hydroxylation is 1. The summed E-state index contributed by atoms with van der Waals surface area (Å²) < 4.78 is 32.0. The van der Waals surface area contributed by atoms with Crippen LogP contribution in [0.25, 0.3) is 0 Å². The lowest BCUT2D eigenvalue weighted by Crippen LogP contribution is -2.29. The molecule has 0 saturated heterocycles. The molecule has 7 heteroatoms. The molecule has 0 fully saturated rings. The number of methoxy groups -OCH3 is 1. The van der Waals surface area contributed by atoms with E-state index in [1.54, 1.807) is 43.8 Å². The zero-order chi connectivity index (χ0) is 21.9. The van der Waals surface area contributed by atoms with Crippen LogP contribution in [-0.4, -0.2) is 24.8 Å². The van der Waals surface area contributed by atoms with Gasteiger partial charge in [-0.1, -0.05) is 30.7 Å². The van der Waals surface area contributed by atoms with Crippen molar-refractivity contribution in [3.63, 3.8) is 0 Å². The maximum absolute atomic E-state index is 13.5. The van der Waals surface area contributed by atoms with Crippen molar-refractivity contribution in [1.29, 1.82) is 0 Å². The number of hydroxylamine groups is 1. The number of ether oxygens (including phenoxy) is 1. The van der Waals surface area contributed by atoms with Crippen LogP contribution in [0.4, 0.5) is 8.78 Å². The van der Waals surface area contributed by atoms with Gasteiger partial charge in [0.05, 0.1) is 6.10 Å². The Labute approximate surface area is 176 Å². The van der Waals surface area contributed by atoms with Crippen LogP contribution in [0.15, 0.2) is 42.5 Å². The third-order valence-electron chi connectivity index (χ3n) is 5.22. The zero-order valence-corrected chi connectivity index (χ0v) is 17.5. The lowest BCUT2D eigenvalue weighted by atomic mass is 9.91. The van der Waals surface area contributed by atoms with Crippen molar-refractivity contribution >= 4 is 5.91 Å². The third-order valence-corrected chi connectivity index (χ3v) is 5.22. The summed E-state index contributed by atoms with van der Waals surface area (Å²) in [6.07, 6.45) is 2.24. The molecule has 164 valence electrons. The maximum atomic E-state index is 13.5. The molecule has 1 amide bonds. The highest BCUT2D eigenvalue weighted by atomic mass is 19.1. The van der Waals surface area contributed by atoms with Crippen molar-refractivity contribution in [2.24, 2.45) is 5.92 Å². The van der Waals surface area contributed by atoms with Gasteiger partial charge in [-0.05, 0) is 67.6 Å². The Bertz CT molecular complexity index is 800. The highest BCUT2D eigenvalue weighted by Gasteiger charge is 2.24. The smallest absolute Gasteiger partial charge is 0.246 e. The van der Waals surface area contributed by atoms with Gasteiger partial charge in [0, 0.05) is 19.6 Å². The van der Waals surface area contributed by atoms with Crippen LogP contribution in [0.2, 0.25) is 0 Å². The van der Waals surface area contributed by atoms with Crippen LogP contribution in [0, 0.1) is 24.5 Å². The minimum absolute atomic E-state index is 0.253. The van der Waals surface area contributed by atoms with E-state index in [4.69, 9.17) is 9.94 Å². The van der Waals surface area contributed by atoms with Gasteiger partial charge in [-0.3, -0.25) is 10.0 Å². The zero-order valence-electron chi connectivity index (χ0n) is 17.5. The number of benzene rings is 2. The fraction of sp³-hybridized carbons (Fsp3) is 0.435. The van der Waals surface area contributed by atoms with E-state index < -0.39 is 11.8 Å². The number of unbranched alkanes of at least 4 members (excludes halogenated alkanes) is 1. The number of carbonyl (C=O) groups is 1. The Morgan fingerprint density at radius 1 is 1.13 bits per heavy atom. The first kappa shape index (κ1) is 23.9. The Balaban J connectivity index is 1.82. The van der Waals surface area contributed by atoms with Gasteiger partial charge >= 0.3 is 0 Å². The summed E-state index contributed by atoms with van der Waals surface area (Å²) in [5, 5.41) is 12.4. The Hall–Kier alpha value is -2.35. The van der Waals surface area contributed by atoms with E-state index in [0.717, 1.165) is 30.5 Å². The summed E-state index contributed by atoms with van der Waals surface area (Å²) in [5.74, 6) is -1.42. The normalized spacial score (nSPS) is 13.1. The molecule has 0 bridgehead atoms. The molecule has 3 N–H and O–H groups in total. The molecule has 0 aromatic heterocycles. The number of amides is 1. The Kier molecular flexibility index (Phi) is 9.86. The molecule has 0 aliphatic carbocycles. The maximum Gasteiger partial charge on any atom is 0.246 e. The van der Waals surface area contributed by atoms with Gasteiger partial charge in [0.1, 0.15) is 11.6 Å². The summed E-state index contributed by atoms with van der Waals surface area (Å²) >= 11 is 0. The molecule has 5 nitrogen and oxygen atoms in total. The topological polar surface area (TPSA) is 70.6 Å². The van der Waals surface area contributed by atoms with Crippen LogP contribution in [0.5, 0.6) is 0 Å². The summed E-state index contributed by atoms with van der Waals surface area (Å²) in [4.78, 5) is 12.1. The SMILES string of the molecule is CO[C@H](C[C@H](CCCCNCc1ccc(F)cc1)C(=O)NO)c1ccc(F)c(C)c1. The Morgan fingerprint density at radius 3 is 2.50 bits per heavy atom. The highest BCUT2D eigenvalue weighted by Crippen LogP contribution is 2.28. The van der Waals surface area contributed by atoms with Gasteiger partial charge in [0.2, 0.25) is 5.91 Å².